The fourth-order valence-electron chi connectivity index (χ4n) is 3.39. The summed E-state index contributed by atoms with van der Waals surface area (Å²) in [6, 6.07) is 7.66. The number of phenols is 1. The molecule has 6 heteroatoms. The van der Waals surface area contributed by atoms with Gasteiger partial charge >= 0.3 is 0 Å². The van der Waals surface area contributed by atoms with Crippen molar-refractivity contribution < 1.29 is 9.84 Å². The Hall–Kier alpha value is -3.15. The van der Waals surface area contributed by atoms with Crippen LogP contribution < -0.4 is 9.64 Å². The number of aromatic nitrogens is 3. The highest BCUT2D eigenvalue weighted by atomic mass is 16.5. The quantitative estimate of drug-likeness (QED) is 0.769. The number of hydrogen-bond donors (Lipinski definition) is 1. The van der Waals surface area contributed by atoms with Crippen LogP contribution in [0.5, 0.6) is 11.5 Å². The maximum atomic E-state index is 10.5. The summed E-state index contributed by atoms with van der Waals surface area (Å²) in [5.74, 6) is 2.39. The minimum Gasteiger partial charge on any atom is -0.504 e. The molecule has 3 heterocycles. The Morgan fingerprint density at radius 3 is 2.89 bits per heavy atom. The molecule has 0 aliphatic carbocycles. The number of nitrogens with zero attached hydrogens (tertiary/aromatic N) is 4. The lowest BCUT2D eigenvalue weighted by Gasteiger charge is -2.23. The first kappa shape index (κ1) is 17.3. The molecule has 1 aliphatic rings. The topological polar surface area (TPSA) is 71.4 Å². The van der Waals surface area contributed by atoms with Gasteiger partial charge in [-0.25, -0.2) is 9.97 Å². The van der Waals surface area contributed by atoms with Gasteiger partial charge in [0.05, 0.1) is 6.54 Å². The summed E-state index contributed by atoms with van der Waals surface area (Å²) in [6.45, 7) is 5.79. The monoisotopic (exact) mass is 362 g/mol. The molecule has 0 unspecified atom stereocenters. The first-order chi connectivity index (χ1) is 13.2. The number of aromatic hydroxyl groups is 1. The number of aryl methyl sites for hydroxylation is 2. The Labute approximate surface area is 158 Å². The molecule has 0 amide bonds. The van der Waals surface area contributed by atoms with Gasteiger partial charge in [-0.3, -0.25) is 4.98 Å². The van der Waals surface area contributed by atoms with Crippen molar-refractivity contribution in [3.05, 3.63) is 59.8 Å². The Kier molecular flexibility index (Phi) is 4.62. The van der Waals surface area contributed by atoms with E-state index in [4.69, 9.17) is 4.74 Å². The average Bonchev–Trinajstić information content (AvgIpc) is 2.91. The van der Waals surface area contributed by atoms with E-state index in [0.717, 1.165) is 40.3 Å². The Balaban J connectivity index is 1.75. The molecule has 1 N–H and O–H groups in total. The number of fused-ring (bicyclic) bond motifs is 1. The maximum Gasteiger partial charge on any atom is 0.166 e. The van der Waals surface area contributed by atoms with Crippen molar-refractivity contribution in [1.29, 1.82) is 0 Å². The number of pyridine rings is 1. The molecule has 0 saturated carbocycles. The zero-order valence-corrected chi connectivity index (χ0v) is 15.5. The van der Waals surface area contributed by atoms with Gasteiger partial charge in [-0.1, -0.05) is 13.0 Å². The van der Waals surface area contributed by atoms with Crippen LogP contribution in [0.15, 0.2) is 42.9 Å². The summed E-state index contributed by atoms with van der Waals surface area (Å²) in [5.41, 5.74) is 3.92. The van der Waals surface area contributed by atoms with Gasteiger partial charge in [-0.2, -0.15) is 0 Å². The van der Waals surface area contributed by atoms with E-state index in [0.29, 0.717) is 25.4 Å². The van der Waals surface area contributed by atoms with Crippen LogP contribution in [0.2, 0.25) is 0 Å². The van der Waals surface area contributed by atoms with Crippen molar-refractivity contribution in [2.24, 2.45) is 0 Å². The van der Waals surface area contributed by atoms with Crippen LogP contribution >= 0.6 is 0 Å². The molecule has 27 heavy (non-hydrogen) atoms. The Bertz CT molecular complexity index is 960. The molecule has 3 aromatic rings. The highest BCUT2D eigenvalue weighted by Crippen LogP contribution is 2.38. The zero-order chi connectivity index (χ0) is 18.8. The summed E-state index contributed by atoms with van der Waals surface area (Å²) >= 11 is 0. The second-order valence-electron chi connectivity index (χ2n) is 6.61. The van der Waals surface area contributed by atoms with E-state index in [1.54, 1.807) is 18.5 Å². The van der Waals surface area contributed by atoms with Crippen molar-refractivity contribution in [2.45, 2.75) is 26.8 Å². The maximum absolute atomic E-state index is 10.5. The molecule has 0 bridgehead atoms. The fraction of sp³-hybridized carbons (Fsp3) is 0.286. The van der Waals surface area contributed by atoms with Gasteiger partial charge in [0.1, 0.15) is 18.2 Å². The van der Waals surface area contributed by atoms with Crippen molar-refractivity contribution in [3.63, 3.8) is 0 Å². The Morgan fingerprint density at radius 2 is 2.11 bits per heavy atom. The third-order valence-corrected chi connectivity index (χ3v) is 4.75. The summed E-state index contributed by atoms with van der Waals surface area (Å²) in [4.78, 5) is 15.4. The smallest absolute Gasteiger partial charge is 0.166 e. The van der Waals surface area contributed by atoms with Crippen LogP contribution in [0.3, 0.4) is 0 Å². The van der Waals surface area contributed by atoms with E-state index in [2.05, 4.69) is 32.8 Å². The molecule has 0 spiro atoms. The molecule has 2 aromatic heterocycles. The zero-order valence-electron chi connectivity index (χ0n) is 15.5. The molecule has 0 saturated heterocycles. The fourth-order valence-corrected chi connectivity index (χ4v) is 3.39. The molecule has 6 nitrogen and oxygen atoms in total. The van der Waals surface area contributed by atoms with Crippen LogP contribution in [0.1, 0.15) is 23.9 Å². The summed E-state index contributed by atoms with van der Waals surface area (Å²) in [7, 11) is 0. The predicted octanol–water partition coefficient (Wildman–Crippen LogP) is 3.51. The summed E-state index contributed by atoms with van der Waals surface area (Å²) in [6.07, 6.45) is 6.29. The molecule has 0 atom stereocenters. The number of anilines is 1. The first-order valence-corrected chi connectivity index (χ1v) is 9.12. The third-order valence-electron chi connectivity index (χ3n) is 4.75. The number of phenolic OH excluding ortho intramolecular Hbond substituents is 1. The molecule has 138 valence electrons. The molecule has 1 aromatic carbocycles. The average molecular weight is 362 g/mol. The molecular weight excluding hydrogens is 340 g/mol. The lowest BCUT2D eigenvalue weighted by molar-refractivity contribution is 0.311. The third kappa shape index (κ3) is 3.43. The standard InChI is InChI=1S/C21H22N4O2/c1-3-15-12-23-14(2)24-21(15)25-7-8-27-20-18(13-25)9-17(10-19(20)26)16-5-4-6-22-11-16/h4-6,9-12,26H,3,7-8,13H2,1-2H3. The molecule has 0 radical (unpaired) electrons. The highest BCUT2D eigenvalue weighted by molar-refractivity contribution is 5.69. The van der Waals surface area contributed by atoms with Crippen molar-refractivity contribution in [3.8, 4) is 22.6 Å². The van der Waals surface area contributed by atoms with Crippen molar-refractivity contribution in [2.75, 3.05) is 18.1 Å². The molecule has 4 rings (SSSR count). The van der Waals surface area contributed by atoms with E-state index in [1.807, 2.05) is 25.3 Å². The molecular formula is C21H22N4O2. The van der Waals surface area contributed by atoms with Gasteiger partial charge in [0.15, 0.2) is 11.5 Å². The number of ether oxygens (including phenoxy) is 1. The highest BCUT2D eigenvalue weighted by Gasteiger charge is 2.22. The lowest BCUT2D eigenvalue weighted by atomic mass is 10.0. The normalized spacial score (nSPS) is 13.6. The summed E-state index contributed by atoms with van der Waals surface area (Å²) in [5, 5.41) is 10.5. The van der Waals surface area contributed by atoms with Crippen LogP contribution in [0.25, 0.3) is 11.1 Å². The van der Waals surface area contributed by atoms with Gasteiger partial charge < -0.3 is 14.7 Å². The van der Waals surface area contributed by atoms with Gasteiger partial charge in [0.25, 0.3) is 0 Å². The van der Waals surface area contributed by atoms with E-state index in [1.165, 1.54) is 0 Å². The second kappa shape index (κ2) is 7.23. The van der Waals surface area contributed by atoms with Gasteiger partial charge in [0.2, 0.25) is 0 Å². The number of rotatable bonds is 3. The minimum atomic E-state index is 0.155. The molecule has 1 aliphatic heterocycles. The largest absolute Gasteiger partial charge is 0.504 e. The van der Waals surface area contributed by atoms with Crippen LogP contribution in [0, 0.1) is 6.92 Å². The molecule has 0 fully saturated rings. The Morgan fingerprint density at radius 1 is 1.22 bits per heavy atom. The van der Waals surface area contributed by atoms with Crippen LogP contribution in [-0.2, 0) is 13.0 Å². The van der Waals surface area contributed by atoms with E-state index < -0.39 is 0 Å². The summed E-state index contributed by atoms with van der Waals surface area (Å²) < 4.78 is 5.87. The first-order valence-electron chi connectivity index (χ1n) is 9.12. The lowest BCUT2D eigenvalue weighted by Crippen LogP contribution is -2.27. The number of hydrogen-bond acceptors (Lipinski definition) is 6. The van der Waals surface area contributed by atoms with Gasteiger partial charge in [-0.15, -0.1) is 0 Å². The van der Waals surface area contributed by atoms with E-state index >= 15 is 0 Å². The van der Waals surface area contributed by atoms with Crippen LogP contribution in [0.4, 0.5) is 5.82 Å². The van der Waals surface area contributed by atoms with Gasteiger partial charge in [0, 0.05) is 41.8 Å². The second-order valence-corrected chi connectivity index (χ2v) is 6.61. The van der Waals surface area contributed by atoms with Gasteiger partial charge in [-0.05, 0) is 37.1 Å². The van der Waals surface area contributed by atoms with Crippen molar-refractivity contribution >= 4 is 5.82 Å². The predicted molar refractivity (Wildman–Crippen MR) is 104 cm³/mol. The van der Waals surface area contributed by atoms with Crippen LogP contribution in [-0.4, -0.2) is 33.2 Å². The minimum absolute atomic E-state index is 0.155. The van der Waals surface area contributed by atoms with E-state index in [9.17, 15) is 5.11 Å². The number of benzene rings is 1. The van der Waals surface area contributed by atoms with E-state index in [-0.39, 0.29) is 5.75 Å². The SMILES string of the molecule is CCc1cnc(C)nc1N1CCOc2c(O)cc(-c3cccnc3)cc2C1. The van der Waals surface area contributed by atoms with Crippen molar-refractivity contribution in [1.82, 2.24) is 15.0 Å².